The number of thioether (sulfide) groups is 1. The first-order chi connectivity index (χ1) is 24.4. The van der Waals surface area contributed by atoms with E-state index in [9.17, 15) is 14.4 Å². The lowest BCUT2D eigenvalue weighted by molar-refractivity contribution is -0.136. The lowest BCUT2D eigenvalue weighted by atomic mass is 10.1. The number of hydrogen-bond donors (Lipinski definition) is 1. The predicted molar refractivity (Wildman–Crippen MR) is 194 cm³/mol. The summed E-state index contributed by atoms with van der Waals surface area (Å²) in [4.78, 5) is 59.8. The minimum atomic E-state index is -0.523. The number of ether oxygens (including phenoxy) is 1. The van der Waals surface area contributed by atoms with Gasteiger partial charge in [-0.2, -0.15) is 0 Å². The molecule has 3 fully saturated rings. The predicted octanol–water partition coefficient (Wildman–Crippen LogP) is 5.30. The van der Waals surface area contributed by atoms with Crippen LogP contribution >= 0.6 is 11.8 Å². The molecule has 0 aliphatic carbocycles. The number of likely N-dealkylation sites (tertiary alicyclic amines) is 1. The van der Waals surface area contributed by atoms with Gasteiger partial charge < -0.3 is 19.9 Å². The molecule has 7 rings (SSSR count). The molecule has 12 heteroatoms. The third kappa shape index (κ3) is 7.71. The fourth-order valence-electron chi connectivity index (χ4n) is 6.41. The Labute approximate surface area is 295 Å². The smallest absolute Gasteiger partial charge is 0.247 e. The van der Waals surface area contributed by atoms with Crippen LogP contribution in [0.3, 0.4) is 0 Å². The fourth-order valence-corrected chi connectivity index (χ4v) is 7.58. The quantitative estimate of drug-likeness (QED) is 0.252. The van der Waals surface area contributed by atoms with E-state index >= 15 is 0 Å². The summed E-state index contributed by atoms with van der Waals surface area (Å²) in [6, 6.07) is 24.5. The zero-order valence-electron chi connectivity index (χ0n) is 27.9. The molecule has 3 aliphatic heterocycles. The molecule has 4 aromatic rings. The zero-order valence-corrected chi connectivity index (χ0v) is 28.7. The molecule has 1 aromatic heterocycles. The number of aryl methyl sites for hydroxylation is 1. The number of nitrogens with one attached hydrogen (secondary N) is 1. The molecule has 1 N–H and O–H groups in total. The normalized spacial score (nSPS) is 20.1. The van der Waals surface area contributed by atoms with Gasteiger partial charge in [0, 0.05) is 37.2 Å². The van der Waals surface area contributed by atoms with Gasteiger partial charge in [0.2, 0.25) is 17.7 Å². The van der Waals surface area contributed by atoms with Crippen molar-refractivity contribution in [2.24, 2.45) is 4.99 Å². The summed E-state index contributed by atoms with van der Waals surface area (Å²) in [6.07, 6.45) is 5.05. The second kappa shape index (κ2) is 15.2. The van der Waals surface area contributed by atoms with E-state index in [2.05, 4.69) is 32.3 Å². The second-order valence-electron chi connectivity index (χ2n) is 12.6. The number of carbonyl (C=O) groups is 3. The molecule has 2 atom stereocenters. The van der Waals surface area contributed by atoms with Crippen molar-refractivity contribution in [2.75, 3.05) is 43.1 Å². The first kappa shape index (κ1) is 33.4. The van der Waals surface area contributed by atoms with Crippen LogP contribution in [-0.4, -0.2) is 81.5 Å². The summed E-state index contributed by atoms with van der Waals surface area (Å²) in [5.41, 5.74) is 5.67. The Kier molecular flexibility index (Phi) is 10.2. The van der Waals surface area contributed by atoms with Crippen molar-refractivity contribution < 1.29 is 19.1 Å². The van der Waals surface area contributed by atoms with Crippen LogP contribution in [0.15, 0.2) is 96.2 Å². The maximum Gasteiger partial charge on any atom is 0.247 e. The maximum atomic E-state index is 14.0. The third-order valence-corrected chi connectivity index (χ3v) is 10.3. The highest BCUT2D eigenvalue weighted by Gasteiger charge is 2.39. The molecule has 50 heavy (non-hydrogen) atoms. The molecule has 0 spiro atoms. The van der Waals surface area contributed by atoms with Gasteiger partial charge in [-0.1, -0.05) is 54.2 Å². The molecule has 3 aromatic carbocycles. The Hall–Kier alpha value is -5.07. The van der Waals surface area contributed by atoms with E-state index in [1.165, 1.54) is 11.8 Å². The highest BCUT2D eigenvalue weighted by Crippen LogP contribution is 2.41. The highest BCUT2D eigenvalue weighted by molar-refractivity contribution is 8.15. The van der Waals surface area contributed by atoms with Crippen molar-refractivity contribution in [1.29, 1.82) is 0 Å². The van der Waals surface area contributed by atoms with Gasteiger partial charge in [-0.05, 0) is 67.3 Å². The summed E-state index contributed by atoms with van der Waals surface area (Å²) in [7, 11) is 0. The van der Waals surface area contributed by atoms with Crippen molar-refractivity contribution >= 4 is 51.7 Å². The lowest BCUT2D eigenvalue weighted by Gasteiger charge is -2.28. The molecule has 3 saturated heterocycles. The maximum absolute atomic E-state index is 14.0. The number of amidine groups is 1. The summed E-state index contributed by atoms with van der Waals surface area (Å²) < 4.78 is 5.49. The topological polar surface area (TPSA) is 120 Å². The second-order valence-corrected chi connectivity index (χ2v) is 13.7. The van der Waals surface area contributed by atoms with Gasteiger partial charge in [0.1, 0.15) is 11.3 Å². The number of aromatic nitrogens is 2. The average Bonchev–Trinajstić information content (AvgIpc) is 3.76. The van der Waals surface area contributed by atoms with Gasteiger partial charge in [-0.15, -0.1) is 0 Å². The van der Waals surface area contributed by atoms with E-state index in [0.717, 1.165) is 47.7 Å². The number of morpholine rings is 1. The highest BCUT2D eigenvalue weighted by atomic mass is 32.2. The number of carbonyl (C=O) groups excluding carboxylic acids is 3. The van der Waals surface area contributed by atoms with Crippen LogP contribution < -0.4 is 10.2 Å². The molecule has 1 unspecified atom stereocenters. The largest absolute Gasteiger partial charge is 0.378 e. The van der Waals surface area contributed by atoms with Gasteiger partial charge in [0.05, 0.1) is 49.5 Å². The van der Waals surface area contributed by atoms with Crippen molar-refractivity contribution in [3.05, 3.63) is 114 Å². The number of anilines is 2. The molecule has 4 heterocycles. The van der Waals surface area contributed by atoms with Crippen LogP contribution in [0.2, 0.25) is 0 Å². The fraction of sp³-hybridized carbons (Fsp3) is 0.316. The summed E-state index contributed by atoms with van der Waals surface area (Å²) in [5, 5.41) is 3.05. The molecule has 0 bridgehead atoms. The lowest BCUT2D eigenvalue weighted by Crippen LogP contribution is -2.43. The molecule has 256 valence electrons. The van der Waals surface area contributed by atoms with Crippen LogP contribution in [0.4, 0.5) is 17.1 Å². The van der Waals surface area contributed by atoms with Gasteiger partial charge in [0.25, 0.3) is 0 Å². The Bertz CT molecular complexity index is 1850. The summed E-state index contributed by atoms with van der Waals surface area (Å²) >= 11 is 1.39. The van der Waals surface area contributed by atoms with Gasteiger partial charge in [-0.25, -0.2) is 4.99 Å². The Morgan fingerprint density at radius 2 is 1.70 bits per heavy atom. The molecule has 0 radical (unpaired) electrons. The first-order valence-corrected chi connectivity index (χ1v) is 17.8. The van der Waals surface area contributed by atoms with Crippen molar-refractivity contribution in [2.45, 2.75) is 44.0 Å². The monoisotopic (exact) mass is 689 g/mol. The molecule has 3 aliphatic rings. The van der Waals surface area contributed by atoms with E-state index in [4.69, 9.17) is 9.73 Å². The zero-order chi connectivity index (χ0) is 34.5. The SMILES string of the molecule is Cc1cnc(CN2C(=O)C(c3ccc(NC(=O)[C@@H]4CCCN4C(=O)Cc4ccccc4)cc3)S/C2=N\c2ccc(N3CCOCC3)cc2)cn1. The summed E-state index contributed by atoms with van der Waals surface area (Å²) in [5.74, 6) is -0.355. The van der Waals surface area contributed by atoms with Crippen molar-refractivity contribution in [3.63, 3.8) is 0 Å². The minimum absolute atomic E-state index is 0.0485. The van der Waals surface area contributed by atoms with Crippen LogP contribution in [-0.2, 0) is 32.1 Å². The van der Waals surface area contributed by atoms with Crippen LogP contribution in [0.5, 0.6) is 0 Å². The number of hydrogen-bond acceptors (Lipinski definition) is 9. The molecule has 11 nitrogen and oxygen atoms in total. The number of rotatable bonds is 9. The number of aliphatic imine (C=N–C) groups is 1. The average molecular weight is 690 g/mol. The van der Waals surface area contributed by atoms with E-state index in [1.54, 1.807) is 34.3 Å². The van der Waals surface area contributed by atoms with Gasteiger partial charge in [0.15, 0.2) is 5.17 Å². The third-order valence-electron chi connectivity index (χ3n) is 9.10. The van der Waals surface area contributed by atoms with E-state index < -0.39 is 11.3 Å². The number of benzene rings is 3. The number of amides is 3. The Balaban J connectivity index is 1.05. The van der Waals surface area contributed by atoms with Crippen LogP contribution in [0.1, 0.15) is 40.6 Å². The van der Waals surface area contributed by atoms with Crippen LogP contribution in [0, 0.1) is 6.92 Å². The van der Waals surface area contributed by atoms with Gasteiger partial charge >= 0.3 is 0 Å². The molecular weight excluding hydrogens is 651 g/mol. The minimum Gasteiger partial charge on any atom is -0.378 e. The van der Waals surface area contributed by atoms with E-state index in [-0.39, 0.29) is 30.7 Å². The number of nitrogens with zero attached hydrogens (tertiary/aromatic N) is 6. The Morgan fingerprint density at radius 3 is 2.42 bits per heavy atom. The Morgan fingerprint density at radius 1 is 0.940 bits per heavy atom. The van der Waals surface area contributed by atoms with Crippen molar-refractivity contribution in [1.82, 2.24) is 19.8 Å². The van der Waals surface area contributed by atoms with Crippen molar-refractivity contribution in [3.8, 4) is 0 Å². The molecule has 3 amide bonds. The van der Waals surface area contributed by atoms with E-state index in [1.807, 2.05) is 61.5 Å². The van der Waals surface area contributed by atoms with Gasteiger partial charge in [-0.3, -0.25) is 29.3 Å². The summed E-state index contributed by atoms with van der Waals surface area (Å²) in [6.45, 7) is 5.81. The van der Waals surface area contributed by atoms with E-state index in [0.29, 0.717) is 42.7 Å². The van der Waals surface area contributed by atoms with Crippen LogP contribution in [0.25, 0.3) is 0 Å². The molecular formula is C38H39N7O4S. The first-order valence-electron chi connectivity index (χ1n) is 16.9. The standard InChI is InChI=1S/C38H39N7O4S/c1-26-23-40-31(24-39-26)25-45-37(48)35(50-38(45)42-30-13-15-32(16-14-30)43-18-20-49-21-19-43)28-9-11-29(12-10-28)41-36(47)33-8-5-17-44(33)34(46)22-27-6-3-2-4-7-27/h2-4,6-7,9-16,23-24,33,35H,5,8,17-22,25H2,1H3,(H,41,47)/b42-38-/t33-,35?/m0/s1. The molecule has 0 saturated carbocycles.